The van der Waals surface area contributed by atoms with Crippen molar-refractivity contribution in [3.63, 3.8) is 0 Å². The topological polar surface area (TPSA) is 52.5 Å². The highest BCUT2D eigenvalue weighted by Crippen LogP contribution is 2.42. The Balaban J connectivity index is 2.10. The van der Waals surface area contributed by atoms with Crippen molar-refractivity contribution < 1.29 is 10.2 Å². The average Bonchev–Trinajstić information content (AvgIpc) is 2.09. The molecular weight excluding hydrogens is 166 g/mol. The van der Waals surface area contributed by atoms with E-state index in [-0.39, 0.29) is 6.61 Å². The molecule has 0 heterocycles. The highest BCUT2D eigenvalue weighted by Gasteiger charge is 2.34. The summed E-state index contributed by atoms with van der Waals surface area (Å²) in [6.07, 6.45) is 4.58. The van der Waals surface area contributed by atoms with E-state index in [1.807, 2.05) is 0 Å². The summed E-state index contributed by atoms with van der Waals surface area (Å²) < 4.78 is 0. The van der Waals surface area contributed by atoms with Gasteiger partial charge >= 0.3 is 0 Å². The van der Waals surface area contributed by atoms with Crippen LogP contribution in [0.1, 0.15) is 32.6 Å². The summed E-state index contributed by atoms with van der Waals surface area (Å²) in [5.74, 6) is 0. The van der Waals surface area contributed by atoms with E-state index in [2.05, 4.69) is 12.2 Å². The van der Waals surface area contributed by atoms with Crippen LogP contribution in [0.5, 0.6) is 0 Å². The minimum atomic E-state index is -0.603. The zero-order chi connectivity index (χ0) is 9.73. The van der Waals surface area contributed by atoms with Gasteiger partial charge in [-0.1, -0.05) is 13.3 Å². The van der Waals surface area contributed by atoms with Crippen molar-refractivity contribution in [1.29, 1.82) is 0 Å². The van der Waals surface area contributed by atoms with Gasteiger partial charge in [0, 0.05) is 13.1 Å². The van der Waals surface area contributed by atoms with Gasteiger partial charge in [-0.2, -0.15) is 0 Å². The molecule has 1 atom stereocenters. The molecule has 1 saturated carbocycles. The molecule has 0 aromatic carbocycles. The van der Waals surface area contributed by atoms with Crippen molar-refractivity contribution in [3.8, 4) is 0 Å². The third-order valence-electron chi connectivity index (χ3n) is 3.25. The second-order valence-corrected chi connectivity index (χ2v) is 4.17. The highest BCUT2D eigenvalue weighted by molar-refractivity contribution is 4.88. The maximum atomic E-state index is 9.11. The Bertz CT molecular complexity index is 140. The summed E-state index contributed by atoms with van der Waals surface area (Å²) in [6.45, 7) is 3.58. The molecule has 1 aliphatic rings. The summed E-state index contributed by atoms with van der Waals surface area (Å²) in [5, 5.41) is 20.9. The van der Waals surface area contributed by atoms with E-state index < -0.39 is 6.10 Å². The molecule has 0 aromatic rings. The third-order valence-corrected chi connectivity index (χ3v) is 3.25. The molecule has 0 saturated heterocycles. The molecule has 3 N–H and O–H groups in total. The molecule has 3 nitrogen and oxygen atoms in total. The van der Waals surface area contributed by atoms with Crippen LogP contribution in [0.25, 0.3) is 0 Å². The summed E-state index contributed by atoms with van der Waals surface area (Å²) in [5.41, 5.74) is 0.495. The lowest BCUT2D eigenvalue weighted by molar-refractivity contribution is 0.0793. The largest absolute Gasteiger partial charge is 0.394 e. The van der Waals surface area contributed by atoms with Crippen LogP contribution < -0.4 is 5.32 Å². The molecule has 1 aliphatic carbocycles. The molecule has 0 bridgehead atoms. The summed E-state index contributed by atoms with van der Waals surface area (Å²) in [7, 11) is 0. The summed E-state index contributed by atoms with van der Waals surface area (Å²) >= 11 is 0. The Labute approximate surface area is 80.2 Å². The van der Waals surface area contributed by atoms with E-state index in [1.54, 1.807) is 0 Å². The molecule has 13 heavy (non-hydrogen) atoms. The van der Waals surface area contributed by atoms with Gasteiger partial charge in [0.2, 0.25) is 0 Å². The van der Waals surface area contributed by atoms with E-state index >= 15 is 0 Å². The van der Waals surface area contributed by atoms with Gasteiger partial charge in [-0.25, -0.2) is 0 Å². The molecule has 3 heteroatoms. The Hall–Kier alpha value is -0.120. The quantitative estimate of drug-likeness (QED) is 0.568. The van der Waals surface area contributed by atoms with Crippen molar-refractivity contribution in [3.05, 3.63) is 0 Å². The van der Waals surface area contributed by atoms with Crippen molar-refractivity contribution in [2.24, 2.45) is 5.41 Å². The standard InChI is InChI=1S/C10H21NO2/c1-2-10(4-3-5-10)8-11-6-9(13)7-12/h9,11-13H,2-8H2,1H3/t9-/m0/s1. The van der Waals surface area contributed by atoms with Crippen molar-refractivity contribution in [1.82, 2.24) is 5.32 Å². The maximum Gasteiger partial charge on any atom is 0.0894 e. The predicted octanol–water partition coefficient (Wildman–Crippen LogP) is 0.509. The van der Waals surface area contributed by atoms with E-state index in [9.17, 15) is 0 Å². The van der Waals surface area contributed by atoms with Crippen LogP contribution in [0, 0.1) is 5.41 Å². The van der Waals surface area contributed by atoms with E-state index in [0.717, 1.165) is 6.54 Å². The fourth-order valence-corrected chi connectivity index (χ4v) is 1.90. The van der Waals surface area contributed by atoms with Gasteiger partial charge in [0.1, 0.15) is 0 Å². The fraction of sp³-hybridized carbons (Fsp3) is 1.00. The minimum Gasteiger partial charge on any atom is -0.394 e. The number of hydrogen-bond acceptors (Lipinski definition) is 3. The number of nitrogens with one attached hydrogen (secondary N) is 1. The highest BCUT2D eigenvalue weighted by atomic mass is 16.3. The van der Waals surface area contributed by atoms with Crippen molar-refractivity contribution in [2.45, 2.75) is 38.7 Å². The van der Waals surface area contributed by atoms with Gasteiger partial charge < -0.3 is 15.5 Å². The van der Waals surface area contributed by atoms with Crippen LogP contribution in [0.15, 0.2) is 0 Å². The first-order chi connectivity index (χ1) is 6.22. The number of rotatable bonds is 6. The second kappa shape index (κ2) is 4.94. The van der Waals surface area contributed by atoms with E-state index in [1.165, 1.54) is 25.7 Å². The molecule has 0 unspecified atom stereocenters. The van der Waals surface area contributed by atoms with E-state index in [4.69, 9.17) is 10.2 Å². The maximum absolute atomic E-state index is 9.11. The number of aliphatic hydroxyl groups is 2. The van der Waals surface area contributed by atoms with Gasteiger partial charge in [0.15, 0.2) is 0 Å². The SMILES string of the molecule is CCC1(CNC[C@H](O)CO)CCC1. The smallest absolute Gasteiger partial charge is 0.0894 e. The molecule has 0 amide bonds. The molecule has 0 aliphatic heterocycles. The van der Waals surface area contributed by atoms with Crippen LogP contribution in [-0.2, 0) is 0 Å². The Morgan fingerprint density at radius 1 is 1.46 bits per heavy atom. The Morgan fingerprint density at radius 2 is 2.15 bits per heavy atom. The average molecular weight is 187 g/mol. The summed E-state index contributed by atoms with van der Waals surface area (Å²) in [4.78, 5) is 0. The van der Waals surface area contributed by atoms with Crippen molar-refractivity contribution in [2.75, 3.05) is 19.7 Å². The Morgan fingerprint density at radius 3 is 2.54 bits per heavy atom. The van der Waals surface area contributed by atoms with Crippen LogP contribution >= 0.6 is 0 Å². The van der Waals surface area contributed by atoms with Crippen LogP contribution in [-0.4, -0.2) is 36.0 Å². The predicted molar refractivity (Wildman–Crippen MR) is 52.5 cm³/mol. The molecule has 0 spiro atoms. The van der Waals surface area contributed by atoms with E-state index in [0.29, 0.717) is 12.0 Å². The van der Waals surface area contributed by atoms with Gasteiger partial charge in [-0.05, 0) is 24.7 Å². The summed E-state index contributed by atoms with van der Waals surface area (Å²) in [6, 6.07) is 0. The van der Waals surface area contributed by atoms with Gasteiger partial charge in [0.05, 0.1) is 12.7 Å². The molecule has 0 aromatic heterocycles. The molecule has 1 rings (SSSR count). The van der Waals surface area contributed by atoms with Crippen LogP contribution in [0.2, 0.25) is 0 Å². The minimum absolute atomic E-state index is 0.147. The second-order valence-electron chi connectivity index (χ2n) is 4.17. The third kappa shape index (κ3) is 2.93. The first-order valence-electron chi connectivity index (χ1n) is 5.22. The normalized spacial score (nSPS) is 22.4. The molecule has 78 valence electrons. The Kier molecular flexibility index (Phi) is 4.16. The molecule has 0 radical (unpaired) electrons. The number of hydrogen-bond donors (Lipinski definition) is 3. The van der Waals surface area contributed by atoms with Gasteiger partial charge in [0.25, 0.3) is 0 Å². The fourth-order valence-electron chi connectivity index (χ4n) is 1.90. The first-order valence-corrected chi connectivity index (χ1v) is 5.22. The van der Waals surface area contributed by atoms with Crippen LogP contribution in [0.4, 0.5) is 0 Å². The zero-order valence-corrected chi connectivity index (χ0v) is 8.42. The zero-order valence-electron chi connectivity index (χ0n) is 8.42. The lowest BCUT2D eigenvalue weighted by atomic mass is 9.67. The molecule has 1 fully saturated rings. The van der Waals surface area contributed by atoms with Gasteiger partial charge in [-0.15, -0.1) is 0 Å². The monoisotopic (exact) mass is 187 g/mol. The first kappa shape index (κ1) is 11.0. The lowest BCUT2D eigenvalue weighted by Gasteiger charge is -2.41. The van der Waals surface area contributed by atoms with Crippen molar-refractivity contribution >= 4 is 0 Å². The molecular formula is C10H21NO2. The lowest BCUT2D eigenvalue weighted by Crippen LogP contribution is -2.42. The number of aliphatic hydroxyl groups excluding tert-OH is 2. The van der Waals surface area contributed by atoms with Gasteiger partial charge in [-0.3, -0.25) is 0 Å². The van der Waals surface area contributed by atoms with Crippen LogP contribution in [0.3, 0.4) is 0 Å².